The van der Waals surface area contributed by atoms with Crippen molar-refractivity contribution < 1.29 is 13.9 Å². The molecule has 8 nitrogen and oxygen atoms in total. The molecule has 9 heteroatoms. The summed E-state index contributed by atoms with van der Waals surface area (Å²) in [6.07, 6.45) is 6.87. The number of hydrogen-bond donors (Lipinski definition) is 1. The highest BCUT2D eigenvalue weighted by Crippen LogP contribution is 2.31. The second-order valence-corrected chi connectivity index (χ2v) is 8.12. The number of fused-ring (bicyclic) bond motifs is 1. The van der Waals surface area contributed by atoms with Gasteiger partial charge in [0.15, 0.2) is 0 Å². The van der Waals surface area contributed by atoms with E-state index < -0.39 is 6.09 Å². The van der Waals surface area contributed by atoms with Crippen LogP contribution < -0.4 is 5.32 Å². The molecule has 0 bridgehead atoms. The molecule has 1 amide bonds. The van der Waals surface area contributed by atoms with Crippen molar-refractivity contribution in [1.29, 1.82) is 0 Å². The van der Waals surface area contributed by atoms with Gasteiger partial charge < -0.3 is 4.74 Å². The Labute approximate surface area is 201 Å². The third-order valence-corrected chi connectivity index (χ3v) is 5.64. The summed E-state index contributed by atoms with van der Waals surface area (Å²) in [5.74, 6) is 0.0000798. The third kappa shape index (κ3) is 4.48. The van der Waals surface area contributed by atoms with Gasteiger partial charge in [0.2, 0.25) is 0 Å². The summed E-state index contributed by atoms with van der Waals surface area (Å²) in [6.45, 7) is 3.79. The summed E-state index contributed by atoms with van der Waals surface area (Å²) >= 11 is 0. The molecular weight excluding hydrogens is 447 g/mol. The monoisotopic (exact) mass is 470 g/mol. The molecule has 0 unspecified atom stereocenters. The Morgan fingerprint density at radius 3 is 2.69 bits per heavy atom. The van der Waals surface area contributed by atoms with Crippen molar-refractivity contribution in [2.24, 2.45) is 7.05 Å². The van der Waals surface area contributed by atoms with E-state index in [1.165, 1.54) is 12.1 Å². The van der Waals surface area contributed by atoms with Gasteiger partial charge in [0.25, 0.3) is 0 Å². The van der Waals surface area contributed by atoms with Gasteiger partial charge in [0.1, 0.15) is 17.3 Å². The zero-order valence-corrected chi connectivity index (χ0v) is 19.5. The second-order valence-electron chi connectivity index (χ2n) is 8.12. The normalized spacial score (nSPS) is 11.1. The number of imidazole rings is 1. The number of amides is 1. The fraction of sp³-hybridized carbons (Fsp3) is 0.154. The molecule has 0 aliphatic heterocycles. The topological polar surface area (TPSA) is 86.3 Å². The molecule has 0 saturated carbocycles. The lowest BCUT2D eigenvalue weighted by Crippen LogP contribution is -2.14. The molecule has 0 aliphatic rings. The first-order chi connectivity index (χ1) is 16.9. The number of carbonyl (C=O) groups excluding carboxylic acids is 1. The SMILES string of the molecule is CCOC(=O)Nc1cc(-c2cnc3cc(-c4cnn(C)c4)ccn23)cc(-c2ccc(F)cc2C)n1. The Hall–Kier alpha value is -4.53. The highest BCUT2D eigenvalue weighted by molar-refractivity contribution is 5.86. The van der Waals surface area contributed by atoms with Crippen molar-refractivity contribution in [2.45, 2.75) is 13.8 Å². The molecule has 0 atom stereocenters. The molecule has 1 N–H and O–H groups in total. The molecule has 1 aromatic carbocycles. The van der Waals surface area contributed by atoms with Crippen LogP contribution in [0.1, 0.15) is 12.5 Å². The van der Waals surface area contributed by atoms with E-state index in [2.05, 4.69) is 20.4 Å². The zero-order valence-electron chi connectivity index (χ0n) is 19.5. The van der Waals surface area contributed by atoms with E-state index in [9.17, 15) is 9.18 Å². The van der Waals surface area contributed by atoms with Gasteiger partial charge in [-0.05, 0) is 67.4 Å². The van der Waals surface area contributed by atoms with Crippen LogP contribution in [0.3, 0.4) is 0 Å². The Balaban J connectivity index is 1.61. The van der Waals surface area contributed by atoms with Gasteiger partial charge in [0, 0.05) is 36.1 Å². The van der Waals surface area contributed by atoms with Gasteiger partial charge >= 0.3 is 6.09 Å². The van der Waals surface area contributed by atoms with Crippen LogP contribution in [0.15, 0.2) is 67.3 Å². The molecule has 35 heavy (non-hydrogen) atoms. The molecule has 176 valence electrons. The van der Waals surface area contributed by atoms with Crippen molar-refractivity contribution in [3.63, 3.8) is 0 Å². The van der Waals surface area contributed by atoms with Crippen LogP contribution in [0.2, 0.25) is 0 Å². The molecule has 5 aromatic rings. The van der Waals surface area contributed by atoms with Crippen LogP contribution in [-0.2, 0) is 11.8 Å². The fourth-order valence-electron chi connectivity index (χ4n) is 4.01. The van der Waals surface area contributed by atoms with Crippen molar-refractivity contribution in [3.8, 4) is 33.6 Å². The maximum absolute atomic E-state index is 13.7. The maximum Gasteiger partial charge on any atom is 0.412 e. The number of rotatable bonds is 5. The number of carbonyl (C=O) groups is 1. The fourth-order valence-corrected chi connectivity index (χ4v) is 4.01. The molecule has 0 radical (unpaired) electrons. The first-order valence-electron chi connectivity index (χ1n) is 11.1. The van der Waals surface area contributed by atoms with Crippen molar-refractivity contribution in [2.75, 3.05) is 11.9 Å². The van der Waals surface area contributed by atoms with Gasteiger partial charge in [-0.3, -0.25) is 14.4 Å². The first kappa shape index (κ1) is 22.3. The quantitative estimate of drug-likeness (QED) is 0.368. The van der Waals surface area contributed by atoms with E-state index in [0.29, 0.717) is 11.5 Å². The molecule has 0 saturated heterocycles. The molecule has 4 aromatic heterocycles. The number of pyridine rings is 2. The zero-order chi connectivity index (χ0) is 24.5. The number of aryl methyl sites for hydroxylation is 2. The summed E-state index contributed by atoms with van der Waals surface area (Å²) in [4.78, 5) is 21.3. The number of nitrogens with zero attached hydrogens (tertiary/aromatic N) is 5. The van der Waals surface area contributed by atoms with E-state index in [4.69, 9.17) is 4.74 Å². The van der Waals surface area contributed by atoms with Crippen LogP contribution in [0.5, 0.6) is 0 Å². The summed E-state index contributed by atoms with van der Waals surface area (Å²) in [5, 5.41) is 6.92. The van der Waals surface area contributed by atoms with Crippen molar-refractivity contribution in [1.82, 2.24) is 24.1 Å². The number of hydrogen-bond acceptors (Lipinski definition) is 5. The lowest BCUT2D eigenvalue weighted by atomic mass is 10.0. The summed E-state index contributed by atoms with van der Waals surface area (Å²) in [6, 6.07) is 12.2. The lowest BCUT2D eigenvalue weighted by Gasteiger charge is -2.12. The number of benzene rings is 1. The van der Waals surface area contributed by atoms with Crippen LogP contribution in [0, 0.1) is 12.7 Å². The van der Waals surface area contributed by atoms with Crippen molar-refractivity contribution >= 4 is 17.6 Å². The molecule has 4 heterocycles. The van der Waals surface area contributed by atoms with E-state index in [1.54, 1.807) is 29.9 Å². The Morgan fingerprint density at radius 2 is 1.94 bits per heavy atom. The molecule has 5 rings (SSSR count). The van der Waals surface area contributed by atoms with Crippen LogP contribution in [-0.4, -0.2) is 36.8 Å². The van der Waals surface area contributed by atoms with E-state index in [1.807, 2.05) is 55.2 Å². The van der Waals surface area contributed by atoms with Gasteiger partial charge in [-0.15, -0.1) is 0 Å². The summed E-state index contributed by atoms with van der Waals surface area (Å²) < 4.78 is 22.5. The van der Waals surface area contributed by atoms with E-state index >= 15 is 0 Å². The average Bonchev–Trinajstić information content (AvgIpc) is 3.44. The average molecular weight is 471 g/mol. The van der Waals surface area contributed by atoms with Gasteiger partial charge in [-0.1, -0.05) is 0 Å². The summed E-state index contributed by atoms with van der Waals surface area (Å²) in [5.41, 5.74) is 6.44. The molecular formula is C26H23FN6O2. The standard InChI is InChI=1S/C26H23FN6O2/c1-4-35-26(34)31-24-11-18(10-22(30-24)21-6-5-20(27)9-16(21)2)23-14-28-25-12-17(7-8-33(23)25)19-13-29-32(3)15-19/h5-15H,4H2,1-3H3,(H,30,31,34). The predicted octanol–water partition coefficient (Wildman–Crippen LogP) is 5.48. The Morgan fingerprint density at radius 1 is 1.09 bits per heavy atom. The summed E-state index contributed by atoms with van der Waals surface area (Å²) in [7, 11) is 1.88. The van der Waals surface area contributed by atoms with Crippen molar-refractivity contribution in [3.05, 3.63) is 78.6 Å². The molecule has 0 spiro atoms. The molecule has 0 fully saturated rings. The van der Waals surface area contributed by atoms with E-state index in [0.717, 1.165) is 39.2 Å². The highest BCUT2D eigenvalue weighted by atomic mass is 19.1. The largest absolute Gasteiger partial charge is 0.450 e. The van der Waals surface area contributed by atoms with Gasteiger partial charge in [-0.25, -0.2) is 19.2 Å². The number of ether oxygens (including phenoxy) is 1. The number of nitrogens with one attached hydrogen (secondary N) is 1. The Kier molecular flexibility index (Phi) is 5.74. The third-order valence-electron chi connectivity index (χ3n) is 5.64. The second kappa shape index (κ2) is 9.02. The van der Waals surface area contributed by atoms with E-state index in [-0.39, 0.29) is 12.4 Å². The minimum Gasteiger partial charge on any atom is -0.450 e. The number of aromatic nitrogens is 5. The van der Waals surface area contributed by atoms with Crippen LogP contribution in [0.25, 0.3) is 39.3 Å². The van der Waals surface area contributed by atoms with Gasteiger partial charge in [0.05, 0.1) is 30.4 Å². The predicted molar refractivity (Wildman–Crippen MR) is 131 cm³/mol. The molecule has 0 aliphatic carbocycles. The van der Waals surface area contributed by atoms with Crippen LogP contribution in [0.4, 0.5) is 15.0 Å². The smallest absolute Gasteiger partial charge is 0.412 e. The highest BCUT2D eigenvalue weighted by Gasteiger charge is 2.15. The first-order valence-corrected chi connectivity index (χ1v) is 11.1. The van der Waals surface area contributed by atoms with Gasteiger partial charge in [-0.2, -0.15) is 5.10 Å². The number of anilines is 1. The minimum absolute atomic E-state index is 0.238. The minimum atomic E-state index is -0.599. The van der Waals surface area contributed by atoms with Crippen LogP contribution >= 0.6 is 0 Å². The maximum atomic E-state index is 13.7. The number of halogens is 1. The Bertz CT molecular complexity index is 1560. The lowest BCUT2D eigenvalue weighted by molar-refractivity contribution is 0.168.